The number of rotatable bonds is 2. The first kappa shape index (κ1) is 16.2. The van der Waals surface area contributed by atoms with E-state index in [1.54, 1.807) is 11.3 Å². The molecular formula is C21H23N3S. The average molecular weight is 350 g/mol. The number of anilines is 1. The summed E-state index contributed by atoms with van der Waals surface area (Å²) in [5.41, 5.74) is 4.01. The number of thiazole rings is 1. The molecule has 0 radical (unpaired) electrons. The highest BCUT2D eigenvalue weighted by Gasteiger charge is 2.41. The number of aromatic nitrogens is 1. The number of hydrogen-bond donors (Lipinski definition) is 0. The monoisotopic (exact) mass is 349 g/mol. The van der Waals surface area contributed by atoms with Gasteiger partial charge in [0.25, 0.3) is 0 Å². The molecule has 0 N–H and O–H groups in total. The van der Waals surface area contributed by atoms with Crippen LogP contribution in [0.1, 0.15) is 19.4 Å². The van der Waals surface area contributed by atoms with E-state index in [-0.39, 0.29) is 5.41 Å². The van der Waals surface area contributed by atoms with E-state index in [9.17, 15) is 0 Å². The molecule has 0 spiro atoms. The maximum atomic E-state index is 4.74. The molecule has 2 aromatic carbocycles. The van der Waals surface area contributed by atoms with Crippen LogP contribution in [0.25, 0.3) is 10.2 Å². The summed E-state index contributed by atoms with van der Waals surface area (Å²) in [7, 11) is 4.25. The van der Waals surface area contributed by atoms with Crippen molar-refractivity contribution in [1.29, 1.82) is 0 Å². The van der Waals surface area contributed by atoms with Gasteiger partial charge in [0.2, 0.25) is 0 Å². The van der Waals surface area contributed by atoms with Gasteiger partial charge in [-0.05, 0) is 29.8 Å². The fourth-order valence-electron chi connectivity index (χ4n) is 3.88. The fraction of sp³-hybridized carbons (Fsp3) is 0.286. The Bertz CT molecular complexity index is 1020. The standard InChI is InChI=1S/C21H23N3S/c1-21(2)15-9-5-6-10-16(15)23(3)19(21)13-14-22-20-24(4)17-11-7-8-12-18(17)25-20/h5-14,19H,1-4H3/b14-13+,22-20?. The van der Waals surface area contributed by atoms with Gasteiger partial charge >= 0.3 is 0 Å². The van der Waals surface area contributed by atoms with Gasteiger partial charge in [0, 0.05) is 31.4 Å². The molecule has 0 amide bonds. The van der Waals surface area contributed by atoms with Crippen LogP contribution < -0.4 is 9.70 Å². The molecule has 1 aliphatic heterocycles. The Morgan fingerprint density at radius 3 is 2.52 bits per heavy atom. The number of benzene rings is 2. The third kappa shape index (κ3) is 2.52. The van der Waals surface area contributed by atoms with E-state index in [0.29, 0.717) is 6.04 Å². The van der Waals surface area contributed by atoms with Crippen LogP contribution in [-0.4, -0.2) is 17.7 Å². The highest BCUT2D eigenvalue weighted by molar-refractivity contribution is 7.16. The zero-order valence-corrected chi connectivity index (χ0v) is 15.9. The number of hydrogen-bond acceptors (Lipinski definition) is 3. The Morgan fingerprint density at radius 1 is 1.04 bits per heavy atom. The van der Waals surface area contributed by atoms with Crippen molar-refractivity contribution in [3.05, 3.63) is 71.2 Å². The predicted octanol–water partition coefficient (Wildman–Crippen LogP) is 4.45. The summed E-state index contributed by atoms with van der Waals surface area (Å²) in [6.07, 6.45) is 4.20. The molecule has 1 unspecified atom stereocenters. The molecule has 3 nitrogen and oxygen atoms in total. The molecule has 0 aliphatic carbocycles. The molecule has 4 heteroatoms. The lowest BCUT2D eigenvalue weighted by molar-refractivity contribution is 0.487. The zero-order chi connectivity index (χ0) is 17.6. The van der Waals surface area contributed by atoms with E-state index < -0.39 is 0 Å². The fourth-order valence-corrected chi connectivity index (χ4v) is 4.88. The number of para-hydroxylation sites is 2. The molecule has 4 rings (SSSR count). The Hall–Kier alpha value is -2.33. The van der Waals surface area contributed by atoms with Gasteiger partial charge in [-0.3, -0.25) is 0 Å². The summed E-state index contributed by atoms with van der Waals surface area (Å²) < 4.78 is 3.42. The summed E-state index contributed by atoms with van der Waals surface area (Å²) in [6.45, 7) is 4.62. The summed E-state index contributed by atoms with van der Waals surface area (Å²) in [6, 6.07) is 17.4. The zero-order valence-electron chi connectivity index (χ0n) is 15.1. The van der Waals surface area contributed by atoms with Crippen molar-refractivity contribution < 1.29 is 0 Å². The Kier molecular flexibility index (Phi) is 3.80. The summed E-state index contributed by atoms with van der Waals surface area (Å²) in [5.74, 6) is 0. The van der Waals surface area contributed by atoms with Crippen molar-refractivity contribution in [3.8, 4) is 0 Å². The Balaban J connectivity index is 1.69. The van der Waals surface area contributed by atoms with E-state index in [0.717, 1.165) is 4.80 Å². The first-order chi connectivity index (χ1) is 12.0. The normalized spacial score (nSPS) is 19.9. The van der Waals surface area contributed by atoms with E-state index in [4.69, 9.17) is 4.99 Å². The molecular weight excluding hydrogens is 326 g/mol. The van der Waals surface area contributed by atoms with E-state index in [2.05, 4.69) is 92.0 Å². The second kappa shape index (κ2) is 5.88. The van der Waals surface area contributed by atoms with Crippen LogP contribution in [0.5, 0.6) is 0 Å². The van der Waals surface area contributed by atoms with Gasteiger partial charge in [-0.15, -0.1) is 0 Å². The second-order valence-corrected chi connectivity index (χ2v) is 8.19. The number of aryl methyl sites for hydroxylation is 1. The molecule has 1 aromatic heterocycles. The minimum Gasteiger partial charge on any atom is -0.367 e. The largest absolute Gasteiger partial charge is 0.367 e. The quantitative estimate of drug-likeness (QED) is 0.669. The number of fused-ring (bicyclic) bond motifs is 2. The minimum absolute atomic E-state index is 0.0692. The molecule has 1 atom stereocenters. The van der Waals surface area contributed by atoms with Crippen LogP contribution in [0.2, 0.25) is 0 Å². The minimum atomic E-state index is 0.0692. The maximum absolute atomic E-state index is 4.74. The Labute approximate surface area is 152 Å². The molecule has 0 saturated heterocycles. The lowest BCUT2D eigenvalue weighted by Gasteiger charge is -2.29. The third-order valence-corrected chi connectivity index (χ3v) is 6.43. The van der Waals surface area contributed by atoms with Crippen molar-refractivity contribution in [1.82, 2.24) is 4.57 Å². The van der Waals surface area contributed by atoms with Crippen molar-refractivity contribution in [2.24, 2.45) is 12.0 Å². The maximum Gasteiger partial charge on any atom is 0.190 e. The van der Waals surface area contributed by atoms with Crippen molar-refractivity contribution in [2.45, 2.75) is 25.3 Å². The summed E-state index contributed by atoms with van der Waals surface area (Å²) in [4.78, 5) is 8.12. The van der Waals surface area contributed by atoms with E-state index >= 15 is 0 Å². The van der Waals surface area contributed by atoms with Crippen LogP contribution in [0.4, 0.5) is 5.69 Å². The third-order valence-electron chi connectivity index (χ3n) is 5.30. The molecule has 3 aromatic rings. The summed E-state index contributed by atoms with van der Waals surface area (Å²) in [5, 5.41) is 0. The smallest absolute Gasteiger partial charge is 0.190 e. The van der Waals surface area contributed by atoms with Gasteiger partial charge in [-0.2, -0.15) is 0 Å². The predicted molar refractivity (Wildman–Crippen MR) is 107 cm³/mol. The molecule has 2 heterocycles. The molecule has 0 saturated carbocycles. The van der Waals surface area contributed by atoms with Crippen LogP contribution in [0, 0.1) is 0 Å². The van der Waals surface area contributed by atoms with Crippen LogP contribution in [0.3, 0.4) is 0 Å². The lowest BCUT2D eigenvalue weighted by atomic mass is 9.80. The van der Waals surface area contributed by atoms with Gasteiger partial charge in [0.15, 0.2) is 4.80 Å². The first-order valence-electron chi connectivity index (χ1n) is 8.57. The highest BCUT2D eigenvalue weighted by atomic mass is 32.1. The van der Waals surface area contributed by atoms with Crippen molar-refractivity contribution in [2.75, 3.05) is 11.9 Å². The van der Waals surface area contributed by atoms with Gasteiger partial charge < -0.3 is 9.47 Å². The van der Waals surface area contributed by atoms with Gasteiger partial charge in [-0.25, -0.2) is 4.99 Å². The van der Waals surface area contributed by atoms with Gasteiger partial charge in [0.1, 0.15) is 0 Å². The molecule has 0 bridgehead atoms. The molecule has 128 valence electrons. The van der Waals surface area contributed by atoms with Crippen molar-refractivity contribution in [3.63, 3.8) is 0 Å². The van der Waals surface area contributed by atoms with Crippen LogP contribution in [0.15, 0.2) is 65.8 Å². The van der Waals surface area contributed by atoms with Gasteiger partial charge in [-0.1, -0.05) is 55.5 Å². The highest BCUT2D eigenvalue weighted by Crippen LogP contribution is 2.44. The van der Waals surface area contributed by atoms with Crippen LogP contribution >= 0.6 is 11.3 Å². The van der Waals surface area contributed by atoms with E-state index in [1.165, 1.54) is 21.5 Å². The lowest BCUT2D eigenvalue weighted by Crippen LogP contribution is -2.37. The molecule has 0 fully saturated rings. The number of likely N-dealkylation sites (N-methyl/N-ethyl adjacent to an activating group) is 1. The number of nitrogens with zero attached hydrogens (tertiary/aromatic N) is 3. The van der Waals surface area contributed by atoms with E-state index in [1.807, 2.05) is 6.20 Å². The van der Waals surface area contributed by atoms with Crippen LogP contribution in [-0.2, 0) is 12.5 Å². The summed E-state index contributed by atoms with van der Waals surface area (Å²) >= 11 is 1.73. The SMILES string of the molecule is CN1c2ccccc2C(C)(C)C1/C=C/N=c1sc2ccccc2n1C. The first-order valence-corrected chi connectivity index (χ1v) is 9.39. The average Bonchev–Trinajstić information content (AvgIpc) is 3.03. The van der Waals surface area contributed by atoms with Crippen molar-refractivity contribution >= 4 is 27.2 Å². The second-order valence-electron chi connectivity index (χ2n) is 7.18. The molecule has 25 heavy (non-hydrogen) atoms. The molecule has 1 aliphatic rings. The Morgan fingerprint density at radius 2 is 1.76 bits per heavy atom. The topological polar surface area (TPSA) is 20.5 Å². The van der Waals surface area contributed by atoms with Gasteiger partial charge in [0.05, 0.1) is 16.3 Å².